The first-order chi connectivity index (χ1) is 14.5. The lowest BCUT2D eigenvalue weighted by atomic mass is 9.91. The molecule has 1 aliphatic rings. The Hall–Kier alpha value is -3.23. The minimum Gasteiger partial charge on any atom is -0.339 e. The fraction of sp³-hybridized carbons (Fsp3) is 0.429. The summed E-state index contributed by atoms with van der Waals surface area (Å²) in [6.07, 6.45) is 5.17. The molecule has 0 atom stereocenters. The molecule has 0 radical (unpaired) electrons. The van der Waals surface area contributed by atoms with Crippen LogP contribution >= 0.6 is 0 Å². The first-order valence-corrected chi connectivity index (χ1v) is 10.1. The highest BCUT2D eigenvalue weighted by Crippen LogP contribution is 2.26. The van der Waals surface area contributed by atoms with Crippen molar-refractivity contribution in [3.8, 4) is 11.3 Å². The standard InChI is InChI=1S/C21H25FN6O2/c1-27(2)21-24-18(26-30-21)8-3-14-9-11-28(12-10-14)20(29)17-13-23-25-19(17)15-4-6-16(22)7-5-15/h4-7,13-14H,3,8-12H2,1-2H3,(H,23,25). The van der Waals surface area contributed by atoms with Crippen LogP contribution in [0.1, 0.15) is 35.4 Å². The van der Waals surface area contributed by atoms with E-state index in [1.54, 1.807) is 23.2 Å². The zero-order valence-electron chi connectivity index (χ0n) is 17.1. The fourth-order valence-electron chi connectivity index (χ4n) is 3.74. The number of aromatic amines is 1. The van der Waals surface area contributed by atoms with Crippen LogP contribution in [-0.2, 0) is 6.42 Å². The number of hydrogen-bond donors (Lipinski definition) is 1. The monoisotopic (exact) mass is 412 g/mol. The van der Waals surface area contributed by atoms with Gasteiger partial charge >= 0.3 is 6.01 Å². The van der Waals surface area contributed by atoms with Crippen LogP contribution in [0.5, 0.6) is 0 Å². The molecular weight excluding hydrogens is 387 g/mol. The van der Waals surface area contributed by atoms with Crippen molar-refractivity contribution in [1.82, 2.24) is 25.2 Å². The maximum absolute atomic E-state index is 13.2. The number of likely N-dealkylation sites (tertiary alicyclic amines) is 1. The number of benzene rings is 1. The van der Waals surface area contributed by atoms with Gasteiger partial charge in [-0.15, -0.1) is 0 Å². The van der Waals surface area contributed by atoms with Crippen molar-refractivity contribution in [3.63, 3.8) is 0 Å². The van der Waals surface area contributed by atoms with Crippen molar-refractivity contribution in [3.05, 3.63) is 47.7 Å². The summed E-state index contributed by atoms with van der Waals surface area (Å²) in [7, 11) is 3.73. The number of nitrogens with one attached hydrogen (secondary N) is 1. The number of aryl methyl sites for hydroxylation is 1. The summed E-state index contributed by atoms with van der Waals surface area (Å²) in [5.74, 6) is 0.887. The van der Waals surface area contributed by atoms with Crippen LogP contribution in [0.15, 0.2) is 35.0 Å². The number of H-pyrrole nitrogens is 1. The van der Waals surface area contributed by atoms with Crippen molar-refractivity contribution in [1.29, 1.82) is 0 Å². The molecule has 1 aliphatic heterocycles. The van der Waals surface area contributed by atoms with E-state index >= 15 is 0 Å². The van der Waals surface area contributed by atoms with Gasteiger partial charge in [0.25, 0.3) is 5.91 Å². The van der Waals surface area contributed by atoms with Gasteiger partial charge in [-0.1, -0.05) is 5.16 Å². The van der Waals surface area contributed by atoms with Crippen molar-refractivity contribution in [2.24, 2.45) is 5.92 Å². The number of anilines is 1. The van der Waals surface area contributed by atoms with Gasteiger partial charge in [0.15, 0.2) is 5.82 Å². The van der Waals surface area contributed by atoms with Crippen LogP contribution in [0.2, 0.25) is 0 Å². The van der Waals surface area contributed by atoms with Gasteiger partial charge in [0.05, 0.1) is 17.5 Å². The van der Waals surface area contributed by atoms with Crippen LogP contribution in [0, 0.1) is 11.7 Å². The molecule has 1 amide bonds. The maximum Gasteiger partial charge on any atom is 0.323 e. The molecule has 0 unspecified atom stereocenters. The summed E-state index contributed by atoms with van der Waals surface area (Å²) >= 11 is 0. The van der Waals surface area contributed by atoms with Gasteiger partial charge in [0.1, 0.15) is 5.82 Å². The molecule has 4 rings (SSSR count). The Labute approximate surface area is 174 Å². The van der Waals surface area contributed by atoms with Crippen LogP contribution in [0.4, 0.5) is 10.4 Å². The summed E-state index contributed by atoms with van der Waals surface area (Å²) in [6, 6.07) is 6.56. The van der Waals surface area contributed by atoms with Crippen LogP contribution in [-0.4, -0.2) is 58.3 Å². The molecule has 0 bridgehead atoms. The predicted molar refractivity (Wildman–Crippen MR) is 110 cm³/mol. The molecule has 0 spiro atoms. The number of amides is 1. The number of carbonyl (C=O) groups is 1. The molecule has 1 saturated heterocycles. The van der Waals surface area contributed by atoms with Gasteiger partial charge in [-0.05, 0) is 49.4 Å². The van der Waals surface area contributed by atoms with Crippen molar-refractivity contribution in [2.45, 2.75) is 25.7 Å². The number of carbonyl (C=O) groups excluding carboxylic acids is 1. The number of halogens is 1. The fourth-order valence-corrected chi connectivity index (χ4v) is 3.74. The molecule has 3 heterocycles. The number of rotatable bonds is 6. The topological polar surface area (TPSA) is 91.2 Å². The van der Waals surface area contributed by atoms with E-state index in [9.17, 15) is 9.18 Å². The Morgan fingerprint density at radius 3 is 2.67 bits per heavy atom. The Kier molecular flexibility index (Phi) is 5.78. The predicted octanol–water partition coefficient (Wildman–Crippen LogP) is 3.15. The van der Waals surface area contributed by atoms with Gasteiger partial charge in [-0.25, -0.2) is 4.39 Å². The van der Waals surface area contributed by atoms with E-state index in [4.69, 9.17) is 4.52 Å². The minimum absolute atomic E-state index is 0.0460. The highest BCUT2D eigenvalue weighted by Gasteiger charge is 2.26. The smallest absolute Gasteiger partial charge is 0.323 e. The third-order valence-corrected chi connectivity index (χ3v) is 5.52. The van der Waals surface area contributed by atoms with Crippen molar-refractivity contribution < 1.29 is 13.7 Å². The lowest BCUT2D eigenvalue weighted by Crippen LogP contribution is -2.38. The summed E-state index contributed by atoms with van der Waals surface area (Å²) in [5, 5.41) is 10.9. The highest BCUT2D eigenvalue weighted by molar-refractivity contribution is 5.99. The Morgan fingerprint density at radius 2 is 2.00 bits per heavy atom. The maximum atomic E-state index is 13.2. The average Bonchev–Trinajstić information content (AvgIpc) is 3.43. The second-order valence-corrected chi connectivity index (χ2v) is 7.83. The second kappa shape index (κ2) is 8.64. The van der Waals surface area contributed by atoms with Gasteiger partial charge in [-0.2, -0.15) is 10.1 Å². The number of nitrogens with zero attached hydrogens (tertiary/aromatic N) is 5. The molecule has 2 aromatic heterocycles. The lowest BCUT2D eigenvalue weighted by molar-refractivity contribution is 0.0687. The Morgan fingerprint density at radius 1 is 1.27 bits per heavy atom. The normalized spacial score (nSPS) is 14.8. The second-order valence-electron chi connectivity index (χ2n) is 7.83. The van der Waals surface area contributed by atoms with Gasteiger partial charge in [0.2, 0.25) is 0 Å². The van der Waals surface area contributed by atoms with Crippen molar-refractivity contribution >= 4 is 11.9 Å². The van der Waals surface area contributed by atoms with Gasteiger partial charge < -0.3 is 14.3 Å². The zero-order chi connectivity index (χ0) is 21.1. The number of aromatic nitrogens is 4. The third-order valence-electron chi connectivity index (χ3n) is 5.52. The average molecular weight is 412 g/mol. The molecule has 9 heteroatoms. The van der Waals surface area contributed by atoms with Crippen LogP contribution < -0.4 is 4.90 Å². The molecule has 0 saturated carbocycles. The summed E-state index contributed by atoms with van der Waals surface area (Å²) in [6.45, 7) is 1.40. The highest BCUT2D eigenvalue weighted by atomic mass is 19.1. The van der Waals surface area contributed by atoms with Crippen LogP contribution in [0.25, 0.3) is 11.3 Å². The van der Waals surface area contributed by atoms with E-state index < -0.39 is 0 Å². The first kappa shape index (κ1) is 20.1. The van der Waals surface area contributed by atoms with E-state index in [-0.39, 0.29) is 11.7 Å². The summed E-state index contributed by atoms with van der Waals surface area (Å²) < 4.78 is 18.4. The summed E-state index contributed by atoms with van der Waals surface area (Å²) in [5.41, 5.74) is 1.88. The zero-order valence-corrected chi connectivity index (χ0v) is 17.1. The molecule has 8 nitrogen and oxygen atoms in total. The van der Waals surface area contributed by atoms with E-state index in [0.29, 0.717) is 36.3 Å². The molecule has 3 aromatic rings. The van der Waals surface area contributed by atoms with E-state index in [1.165, 1.54) is 12.1 Å². The minimum atomic E-state index is -0.313. The van der Waals surface area contributed by atoms with Gasteiger partial charge in [0, 0.05) is 39.2 Å². The number of piperidine rings is 1. The van der Waals surface area contributed by atoms with E-state index in [1.807, 2.05) is 19.0 Å². The van der Waals surface area contributed by atoms with Gasteiger partial charge in [-0.3, -0.25) is 9.89 Å². The quantitative estimate of drug-likeness (QED) is 0.669. The van der Waals surface area contributed by atoms with Crippen molar-refractivity contribution in [2.75, 3.05) is 32.1 Å². The van der Waals surface area contributed by atoms with E-state index in [0.717, 1.165) is 37.1 Å². The third kappa shape index (κ3) is 4.34. The number of hydrogen-bond acceptors (Lipinski definition) is 6. The SMILES string of the molecule is CN(C)c1nc(CCC2CCN(C(=O)c3cn[nH]c3-c3ccc(F)cc3)CC2)no1. The first-order valence-electron chi connectivity index (χ1n) is 10.1. The molecule has 1 N–H and O–H groups in total. The Bertz CT molecular complexity index is 989. The molecule has 1 aromatic carbocycles. The molecule has 1 fully saturated rings. The largest absolute Gasteiger partial charge is 0.339 e. The van der Waals surface area contributed by atoms with E-state index in [2.05, 4.69) is 20.3 Å². The molecular formula is C21H25FN6O2. The van der Waals surface area contributed by atoms with Crippen LogP contribution in [0.3, 0.4) is 0 Å². The summed E-state index contributed by atoms with van der Waals surface area (Å²) in [4.78, 5) is 21.1. The molecule has 0 aliphatic carbocycles. The molecule has 158 valence electrons. The molecule has 30 heavy (non-hydrogen) atoms. The lowest BCUT2D eigenvalue weighted by Gasteiger charge is -2.32. The Balaban J connectivity index is 1.32.